The Morgan fingerprint density at radius 3 is 2.68 bits per heavy atom. The number of para-hydroxylation sites is 1. The average molecular weight is 299 g/mol. The topological polar surface area (TPSA) is 74.2 Å². The smallest absolute Gasteiger partial charge is 0.319 e. The number of hydrogen-bond donors (Lipinski definition) is 3. The van der Waals surface area contributed by atoms with Gasteiger partial charge < -0.3 is 15.7 Å². The average Bonchev–Trinajstić information content (AvgIpc) is 2.54. The van der Waals surface area contributed by atoms with Crippen LogP contribution in [0.15, 0.2) is 48.8 Å². The highest BCUT2D eigenvalue weighted by atomic mass is 16.3. The minimum atomic E-state index is -0.244. The Kier molecular flexibility index (Phi) is 5.91. The predicted molar refractivity (Wildman–Crippen MR) is 87.6 cm³/mol. The lowest BCUT2D eigenvalue weighted by molar-refractivity contribution is 0.245. The summed E-state index contributed by atoms with van der Waals surface area (Å²) < 4.78 is 0. The van der Waals surface area contributed by atoms with E-state index >= 15 is 0 Å². The molecule has 2 aromatic rings. The number of aliphatic hydroxyl groups excluding tert-OH is 1. The number of hydrogen-bond acceptors (Lipinski definition) is 3. The molecule has 5 heteroatoms. The van der Waals surface area contributed by atoms with Gasteiger partial charge in [0.05, 0.1) is 5.69 Å². The van der Waals surface area contributed by atoms with E-state index in [-0.39, 0.29) is 18.7 Å². The molecule has 2 amide bonds. The first-order valence-electron chi connectivity index (χ1n) is 7.38. The molecule has 0 spiro atoms. The third kappa shape index (κ3) is 4.56. The highest BCUT2D eigenvalue weighted by Gasteiger charge is 2.10. The summed E-state index contributed by atoms with van der Waals surface area (Å²) in [5.74, 6) is 0. The first-order valence-corrected chi connectivity index (χ1v) is 7.38. The predicted octanol–water partition coefficient (Wildman–Crippen LogP) is 3.03. The third-order valence-corrected chi connectivity index (χ3v) is 3.34. The van der Waals surface area contributed by atoms with Crippen molar-refractivity contribution in [3.63, 3.8) is 0 Å². The van der Waals surface area contributed by atoms with Crippen molar-refractivity contribution < 1.29 is 9.90 Å². The number of benzene rings is 1. The second-order valence-corrected chi connectivity index (χ2v) is 5.15. The summed E-state index contributed by atoms with van der Waals surface area (Å²) >= 11 is 0. The number of nitrogens with one attached hydrogen (secondary N) is 2. The molecule has 2 rings (SSSR count). The molecule has 0 aliphatic rings. The second-order valence-electron chi connectivity index (χ2n) is 5.15. The normalized spacial score (nSPS) is 11.7. The fourth-order valence-corrected chi connectivity index (χ4v) is 2.23. The number of rotatable bonds is 6. The number of urea groups is 1. The van der Waals surface area contributed by atoms with Gasteiger partial charge >= 0.3 is 6.03 Å². The molecule has 0 saturated heterocycles. The van der Waals surface area contributed by atoms with Gasteiger partial charge in [-0.25, -0.2) is 4.79 Å². The van der Waals surface area contributed by atoms with Crippen molar-refractivity contribution in [1.82, 2.24) is 10.3 Å². The summed E-state index contributed by atoms with van der Waals surface area (Å²) in [5.41, 5.74) is 2.70. The summed E-state index contributed by atoms with van der Waals surface area (Å²) in [5, 5.41) is 14.6. The zero-order chi connectivity index (χ0) is 15.8. The minimum absolute atomic E-state index is 0.0141. The van der Waals surface area contributed by atoms with Crippen LogP contribution in [0.3, 0.4) is 0 Å². The van der Waals surface area contributed by atoms with Crippen LogP contribution in [0.1, 0.15) is 19.8 Å². The van der Waals surface area contributed by atoms with Crippen molar-refractivity contribution in [3.05, 3.63) is 48.8 Å². The van der Waals surface area contributed by atoms with E-state index in [0.717, 1.165) is 23.2 Å². The molecule has 1 unspecified atom stereocenters. The van der Waals surface area contributed by atoms with E-state index in [0.29, 0.717) is 6.42 Å². The van der Waals surface area contributed by atoms with E-state index in [1.807, 2.05) is 43.3 Å². The molecule has 0 radical (unpaired) electrons. The maximum Gasteiger partial charge on any atom is 0.319 e. The van der Waals surface area contributed by atoms with Crippen molar-refractivity contribution >= 4 is 11.7 Å². The van der Waals surface area contributed by atoms with Crippen molar-refractivity contribution in [2.75, 3.05) is 11.9 Å². The Bertz CT molecular complexity index is 602. The van der Waals surface area contributed by atoms with Gasteiger partial charge in [-0.15, -0.1) is 0 Å². The van der Waals surface area contributed by atoms with Crippen LogP contribution in [0.4, 0.5) is 10.5 Å². The third-order valence-electron chi connectivity index (χ3n) is 3.34. The van der Waals surface area contributed by atoms with Crippen LogP contribution in [0, 0.1) is 0 Å². The number of aromatic nitrogens is 1. The largest absolute Gasteiger partial charge is 0.396 e. The van der Waals surface area contributed by atoms with Crippen LogP contribution in [-0.2, 0) is 0 Å². The second kappa shape index (κ2) is 8.14. The highest BCUT2D eigenvalue weighted by molar-refractivity contribution is 5.94. The zero-order valence-electron chi connectivity index (χ0n) is 12.6. The molecule has 3 N–H and O–H groups in total. The summed E-state index contributed by atoms with van der Waals surface area (Å²) in [6.07, 6.45) is 4.87. The summed E-state index contributed by atoms with van der Waals surface area (Å²) in [7, 11) is 0. The molecule has 22 heavy (non-hydrogen) atoms. The molecule has 0 aliphatic heterocycles. The molecule has 1 aromatic heterocycles. The van der Waals surface area contributed by atoms with Crippen LogP contribution in [-0.4, -0.2) is 28.8 Å². The molecular formula is C17H21N3O2. The fourth-order valence-electron chi connectivity index (χ4n) is 2.23. The number of aliphatic hydroxyl groups is 1. The van der Waals surface area contributed by atoms with E-state index in [1.165, 1.54) is 0 Å². The van der Waals surface area contributed by atoms with Crippen molar-refractivity contribution in [3.8, 4) is 11.1 Å². The number of nitrogens with zero attached hydrogens (tertiary/aromatic N) is 1. The monoisotopic (exact) mass is 299 g/mol. The number of anilines is 1. The van der Waals surface area contributed by atoms with Gasteiger partial charge in [0.15, 0.2) is 0 Å². The molecule has 0 fully saturated rings. The van der Waals surface area contributed by atoms with Crippen LogP contribution in [0.5, 0.6) is 0 Å². The number of pyridine rings is 1. The van der Waals surface area contributed by atoms with Crippen LogP contribution in [0.2, 0.25) is 0 Å². The van der Waals surface area contributed by atoms with Crippen LogP contribution in [0.25, 0.3) is 11.1 Å². The molecule has 5 nitrogen and oxygen atoms in total. The lowest BCUT2D eigenvalue weighted by Gasteiger charge is -2.16. The van der Waals surface area contributed by atoms with Crippen molar-refractivity contribution in [2.24, 2.45) is 0 Å². The Labute approximate surface area is 130 Å². The quantitative estimate of drug-likeness (QED) is 0.767. The molecule has 0 saturated carbocycles. The van der Waals surface area contributed by atoms with E-state index in [4.69, 9.17) is 5.11 Å². The lowest BCUT2D eigenvalue weighted by atomic mass is 10.1. The van der Waals surface area contributed by atoms with E-state index in [9.17, 15) is 4.79 Å². The number of carbonyl (C=O) groups excluding carboxylic acids is 1. The lowest BCUT2D eigenvalue weighted by Crippen LogP contribution is -2.36. The molecule has 0 aliphatic carbocycles. The maximum absolute atomic E-state index is 12.1. The van der Waals surface area contributed by atoms with E-state index < -0.39 is 0 Å². The van der Waals surface area contributed by atoms with Gasteiger partial charge in [-0.3, -0.25) is 4.98 Å². The zero-order valence-corrected chi connectivity index (χ0v) is 12.6. The van der Waals surface area contributed by atoms with Gasteiger partial charge in [-0.05, 0) is 43.5 Å². The number of carbonyl (C=O) groups is 1. The molecule has 1 aromatic carbocycles. The Morgan fingerprint density at radius 1 is 1.23 bits per heavy atom. The maximum atomic E-state index is 12.1. The Hall–Kier alpha value is -2.40. The first-order chi connectivity index (χ1) is 10.7. The molecule has 1 atom stereocenters. The standard InChI is InChI=1S/C17H21N3O2/c1-13(5-4-12-21)19-17(22)20-16-7-3-2-6-15(16)14-8-10-18-11-9-14/h2-3,6-11,13,21H,4-5,12H2,1H3,(H2,19,20,22). The van der Waals surface area contributed by atoms with Crippen LogP contribution >= 0.6 is 0 Å². The van der Waals surface area contributed by atoms with Crippen molar-refractivity contribution in [2.45, 2.75) is 25.8 Å². The minimum Gasteiger partial charge on any atom is -0.396 e. The summed E-state index contributed by atoms with van der Waals surface area (Å²) in [4.78, 5) is 16.1. The van der Waals surface area contributed by atoms with E-state index in [1.54, 1.807) is 12.4 Å². The fraction of sp³-hybridized carbons (Fsp3) is 0.294. The number of amides is 2. The molecular weight excluding hydrogens is 278 g/mol. The summed E-state index contributed by atoms with van der Waals surface area (Å²) in [6, 6.07) is 11.2. The van der Waals surface area contributed by atoms with Gasteiger partial charge in [0, 0.05) is 30.6 Å². The molecule has 0 bridgehead atoms. The summed E-state index contributed by atoms with van der Waals surface area (Å²) in [6.45, 7) is 2.06. The SMILES string of the molecule is CC(CCCO)NC(=O)Nc1ccccc1-c1ccncc1. The molecule has 1 heterocycles. The highest BCUT2D eigenvalue weighted by Crippen LogP contribution is 2.27. The Balaban J connectivity index is 2.06. The van der Waals surface area contributed by atoms with Crippen LogP contribution < -0.4 is 10.6 Å². The van der Waals surface area contributed by atoms with E-state index in [2.05, 4.69) is 15.6 Å². The van der Waals surface area contributed by atoms with Gasteiger partial charge in [0.25, 0.3) is 0 Å². The van der Waals surface area contributed by atoms with Gasteiger partial charge in [0.1, 0.15) is 0 Å². The Morgan fingerprint density at radius 2 is 1.95 bits per heavy atom. The molecule has 116 valence electrons. The van der Waals surface area contributed by atoms with Gasteiger partial charge in [-0.1, -0.05) is 18.2 Å². The first kappa shape index (κ1) is 16.0. The van der Waals surface area contributed by atoms with Crippen molar-refractivity contribution in [1.29, 1.82) is 0 Å². The van der Waals surface area contributed by atoms with Gasteiger partial charge in [0.2, 0.25) is 0 Å². The van der Waals surface area contributed by atoms with Gasteiger partial charge in [-0.2, -0.15) is 0 Å².